The van der Waals surface area contributed by atoms with Gasteiger partial charge in [-0.3, -0.25) is 18.4 Å². The minimum absolute atomic E-state index is 0.0298. The topological polar surface area (TPSA) is 68.2 Å². The van der Waals surface area contributed by atoms with Crippen LogP contribution in [-0.2, 0) is 22.1 Å². The summed E-state index contributed by atoms with van der Waals surface area (Å²) < 4.78 is 13.7. The van der Waals surface area contributed by atoms with E-state index in [9.17, 15) is 13.8 Å². The van der Waals surface area contributed by atoms with Crippen LogP contribution in [0.2, 0.25) is 0 Å². The third kappa shape index (κ3) is 3.87. The fourth-order valence-corrected chi connectivity index (χ4v) is 5.22. The molecule has 1 heterocycles. The number of nitrogens with zero attached hydrogens (tertiary/aromatic N) is 1. The number of aryl methyl sites for hydroxylation is 1. The van der Waals surface area contributed by atoms with Crippen molar-refractivity contribution in [1.82, 2.24) is 9.88 Å². The molecule has 22 heavy (non-hydrogen) atoms. The number of amides is 1. The molecule has 1 saturated carbocycles. The average Bonchev–Trinajstić information content (AvgIpc) is 2.73. The maximum atomic E-state index is 12.3. The Bertz CT molecular complexity index is 621. The van der Waals surface area contributed by atoms with E-state index in [-0.39, 0.29) is 28.6 Å². The number of hydrogen-bond donors (Lipinski definition) is 1. The first-order chi connectivity index (χ1) is 10.4. The lowest BCUT2D eigenvalue weighted by molar-refractivity contribution is -0.122. The second-order valence-electron chi connectivity index (χ2n) is 5.76. The molecule has 1 N–H and O–H groups in total. The molecule has 1 fully saturated rings. The van der Waals surface area contributed by atoms with Gasteiger partial charge in [-0.25, -0.2) is 0 Å². The second kappa shape index (κ2) is 7.55. The molecule has 2 rings (SSSR count). The largest absolute Gasteiger partial charge is 0.351 e. The molecule has 0 unspecified atom stereocenters. The first kappa shape index (κ1) is 17.4. The van der Waals surface area contributed by atoms with Crippen molar-refractivity contribution in [2.45, 2.75) is 64.3 Å². The Labute approximate surface area is 137 Å². The second-order valence-corrected chi connectivity index (χ2v) is 8.87. The van der Waals surface area contributed by atoms with Gasteiger partial charge in [0.1, 0.15) is 6.54 Å². The number of carbonyl (C=O) groups excluding carboxylic acids is 1. The van der Waals surface area contributed by atoms with Gasteiger partial charge in [-0.15, -0.1) is 0 Å². The molecule has 1 aliphatic carbocycles. The van der Waals surface area contributed by atoms with Gasteiger partial charge in [0, 0.05) is 33.2 Å². The van der Waals surface area contributed by atoms with Crippen LogP contribution in [0.3, 0.4) is 0 Å². The highest BCUT2D eigenvalue weighted by Gasteiger charge is 2.30. The molecule has 0 bridgehead atoms. The van der Waals surface area contributed by atoms with Gasteiger partial charge in [0.25, 0.3) is 0 Å². The third-order valence-electron chi connectivity index (χ3n) is 4.35. The predicted octanol–water partition coefficient (Wildman–Crippen LogP) is 1.72. The van der Waals surface area contributed by atoms with E-state index in [1.165, 1.54) is 15.9 Å². The minimum atomic E-state index is -0.892. The first-order valence-corrected chi connectivity index (χ1v) is 9.97. The Morgan fingerprint density at radius 3 is 2.64 bits per heavy atom. The maximum absolute atomic E-state index is 12.3. The number of hydrogen-bond acceptors (Lipinski definition) is 4. The van der Waals surface area contributed by atoms with Crippen molar-refractivity contribution in [3.05, 3.63) is 20.2 Å². The van der Waals surface area contributed by atoms with Gasteiger partial charge in [0.2, 0.25) is 5.91 Å². The molecule has 1 aromatic heterocycles. The number of rotatable bonds is 5. The predicted molar refractivity (Wildman–Crippen MR) is 90.9 cm³/mol. The van der Waals surface area contributed by atoms with E-state index in [4.69, 9.17) is 0 Å². The van der Waals surface area contributed by atoms with Gasteiger partial charge >= 0.3 is 4.87 Å². The summed E-state index contributed by atoms with van der Waals surface area (Å²) in [5.41, 5.74) is 0.850. The molecule has 1 aliphatic rings. The van der Waals surface area contributed by atoms with Crippen LogP contribution in [0.4, 0.5) is 0 Å². The Kier molecular flexibility index (Phi) is 5.97. The van der Waals surface area contributed by atoms with E-state index in [1.54, 1.807) is 0 Å². The van der Waals surface area contributed by atoms with E-state index >= 15 is 0 Å². The summed E-state index contributed by atoms with van der Waals surface area (Å²) in [4.78, 5) is 25.0. The van der Waals surface area contributed by atoms with Gasteiger partial charge in [-0.2, -0.15) is 0 Å². The molecule has 0 aromatic carbocycles. The zero-order valence-corrected chi connectivity index (χ0v) is 15.0. The molecule has 0 aliphatic heterocycles. The monoisotopic (exact) mass is 344 g/mol. The third-order valence-corrected chi connectivity index (χ3v) is 7.15. The lowest BCUT2D eigenvalue weighted by Crippen LogP contribution is -2.48. The van der Waals surface area contributed by atoms with Crippen LogP contribution in [-0.4, -0.2) is 31.7 Å². The Hall–Kier alpha value is -0.950. The molecule has 3 atom stereocenters. The smallest absolute Gasteiger partial charge is 0.308 e. The molecule has 1 amide bonds. The number of thiazole rings is 1. The van der Waals surface area contributed by atoms with Crippen molar-refractivity contribution in [2.24, 2.45) is 0 Å². The van der Waals surface area contributed by atoms with Crippen molar-refractivity contribution in [2.75, 3.05) is 5.75 Å². The van der Waals surface area contributed by atoms with E-state index in [0.717, 1.165) is 36.3 Å². The molecular formula is C15H24N2O3S2. The van der Waals surface area contributed by atoms with E-state index in [2.05, 4.69) is 5.32 Å². The summed E-state index contributed by atoms with van der Waals surface area (Å²) in [5.74, 6) is 0.465. The van der Waals surface area contributed by atoms with Crippen LogP contribution in [0.25, 0.3) is 0 Å². The SMILES string of the molecule is CC[S@](=O)[C@@H]1CCCC[C@H]1NC(=O)Cn1c(C)c(C)sc1=O. The highest BCUT2D eigenvalue weighted by Crippen LogP contribution is 2.23. The quantitative estimate of drug-likeness (QED) is 0.884. The fourth-order valence-electron chi connectivity index (χ4n) is 2.96. The molecule has 124 valence electrons. The van der Waals surface area contributed by atoms with Crippen molar-refractivity contribution >= 4 is 28.0 Å². The maximum Gasteiger partial charge on any atom is 0.308 e. The van der Waals surface area contributed by atoms with Gasteiger partial charge in [-0.1, -0.05) is 31.1 Å². The normalized spacial score (nSPS) is 23.2. The summed E-state index contributed by atoms with van der Waals surface area (Å²) in [6.45, 7) is 5.71. The van der Waals surface area contributed by atoms with Crippen molar-refractivity contribution in [1.29, 1.82) is 0 Å². The zero-order valence-electron chi connectivity index (χ0n) is 13.4. The molecule has 0 saturated heterocycles. The van der Waals surface area contributed by atoms with E-state index < -0.39 is 10.8 Å². The van der Waals surface area contributed by atoms with Crippen LogP contribution < -0.4 is 10.2 Å². The highest BCUT2D eigenvalue weighted by atomic mass is 32.2. The molecule has 7 heteroatoms. The molecule has 0 radical (unpaired) electrons. The summed E-state index contributed by atoms with van der Waals surface area (Å²) in [6.07, 6.45) is 3.91. The number of aromatic nitrogens is 1. The van der Waals surface area contributed by atoms with Gasteiger partial charge in [0.05, 0.1) is 5.25 Å². The lowest BCUT2D eigenvalue weighted by Gasteiger charge is -2.31. The molecule has 1 aromatic rings. The molecule has 0 spiro atoms. The van der Waals surface area contributed by atoms with Crippen LogP contribution in [0, 0.1) is 13.8 Å². The summed E-state index contributed by atoms with van der Waals surface area (Å²) in [5, 5.41) is 3.06. The average molecular weight is 345 g/mol. The minimum Gasteiger partial charge on any atom is -0.351 e. The summed E-state index contributed by atoms with van der Waals surface area (Å²) in [6, 6.07) is -0.0298. The van der Waals surface area contributed by atoms with Gasteiger partial charge in [-0.05, 0) is 26.7 Å². The van der Waals surface area contributed by atoms with Crippen LogP contribution in [0.1, 0.15) is 43.2 Å². The summed E-state index contributed by atoms with van der Waals surface area (Å²) in [7, 11) is -0.892. The number of carbonyl (C=O) groups is 1. The highest BCUT2D eigenvalue weighted by molar-refractivity contribution is 7.85. The van der Waals surface area contributed by atoms with Crippen LogP contribution in [0.15, 0.2) is 4.79 Å². The molecule has 5 nitrogen and oxygen atoms in total. The van der Waals surface area contributed by atoms with Crippen molar-refractivity contribution in [3.63, 3.8) is 0 Å². The van der Waals surface area contributed by atoms with Crippen molar-refractivity contribution < 1.29 is 9.00 Å². The zero-order chi connectivity index (χ0) is 16.3. The van der Waals surface area contributed by atoms with Crippen LogP contribution in [0.5, 0.6) is 0 Å². The van der Waals surface area contributed by atoms with E-state index in [1.807, 2.05) is 20.8 Å². The summed E-state index contributed by atoms with van der Waals surface area (Å²) >= 11 is 1.17. The van der Waals surface area contributed by atoms with Crippen molar-refractivity contribution in [3.8, 4) is 0 Å². The first-order valence-electron chi connectivity index (χ1n) is 7.77. The standard InChI is InChI=1S/C15H24N2O3S2/c1-4-22(20)13-8-6-5-7-12(13)16-14(18)9-17-10(2)11(3)21-15(17)19/h12-13H,4-9H2,1-3H3,(H,16,18)/t12-,13-,22+/m1/s1. The Morgan fingerprint density at radius 2 is 2.05 bits per heavy atom. The fraction of sp³-hybridized carbons (Fsp3) is 0.733. The van der Waals surface area contributed by atoms with Gasteiger partial charge in [0.15, 0.2) is 0 Å². The lowest BCUT2D eigenvalue weighted by atomic mass is 9.95. The number of nitrogens with one attached hydrogen (secondary N) is 1. The van der Waals surface area contributed by atoms with E-state index in [0.29, 0.717) is 5.75 Å². The van der Waals surface area contributed by atoms with Gasteiger partial charge < -0.3 is 5.32 Å². The molecular weight excluding hydrogens is 320 g/mol. The Morgan fingerprint density at radius 1 is 1.36 bits per heavy atom. The Balaban J connectivity index is 2.04. The van der Waals surface area contributed by atoms with Crippen LogP contribution >= 0.6 is 11.3 Å².